The van der Waals surface area contributed by atoms with Crippen LogP contribution in [0.3, 0.4) is 0 Å². The van der Waals surface area contributed by atoms with E-state index in [2.05, 4.69) is 0 Å². The number of carbonyl (C=O) groups is 2. The summed E-state index contributed by atoms with van der Waals surface area (Å²) in [5.41, 5.74) is 5.61. The zero-order valence-electron chi connectivity index (χ0n) is 12.1. The Bertz CT molecular complexity index is 725. The van der Waals surface area contributed by atoms with Gasteiger partial charge >= 0.3 is 0 Å². The Morgan fingerprint density at radius 3 is 2.55 bits per heavy atom. The summed E-state index contributed by atoms with van der Waals surface area (Å²) in [6.07, 6.45) is 2.63. The standard InChI is InChI=1S/C15H18N2O4S/c16-14(18)13-5-2-8-17(13)15(19)10-3-1-4-12(9-10)22(20,21)11-6-7-11/h1,3-4,9,11,13H,2,5-8H2,(H2,16,18)/t13-/m1/s1. The molecule has 1 saturated heterocycles. The molecule has 22 heavy (non-hydrogen) atoms. The molecule has 1 atom stereocenters. The van der Waals surface area contributed by atoms with Crippen molar-refractivity contribution in [2.45, 2.75) is 41.9 Å². The predicted octanol–water partition coefficient (Wildman–Crippen LogP) is 0.713. The van der Waals surface area contributed by atoms with Gasteiger partial charge in [0.2, 0.25) is 5.91 Å². The van der Waals surface area contributed by atoms with Crippen LogP contribution in [0.5, 0.6) is 0 Å². The molecule has 1 aromatic rings. The summed E-state index contributed by atoms with van der Waals surface area (Å²) in [4.78, 5) is 25.6. The Balaban J connectivity index is 1.89. The monoisotopic (exact) mass is 322 g/mol. The molecule has 0 radical (unpaired) electrons. The van der Waals surface area contributed by atoms with E-state index in [4.69, 9.17) is 5.73 Å². The number of nitrogens with zero attached hydrogens (tertiary/aromatic N) is 1. The molecule has 0 unspecified atom stereocenters. The number of amides is 2. The van der Waals surface area contributed by atoms with Crippen molar-refractivity contribution < 1.29 is 18.0 Å². The van der Waals surface area contributed by atoms with Gasteiger partial charge in [0.05, 0.1) is 10.1 Å². The van der Waals surface area contributed by atoms with Gasteiger partial charge in [0, 0.05) is 12.1 Å². The fraction of sp³-hybridized carbons (Fsp3) is 0.467. The Kier molecular flexibility index (Phi) is 3.68. The van der Waals surface area contributed by atoms with Crippen LogP contribution in [0.15, 0.2) is 29.2 Å². The summed E-state index contributed by atoms with van der Waals surface area (Å²) in [5.74, 6) is -0.859. The first kappa shape index (κ1) is 15.0. The number of likely N-dealkylation sites (tertiary alicyclic amines) is 1. The molecule has 7 heteroatoms. The SMILES string of the molecule is NC(=O)[C@H]1CCCN1C(=O)c1cccc(S(=O)(=O)C2CC2)c1. The molecule has 2 N–H and O–H groups in total. The summed E-state index contributed by atoms with van der Waals surface area (Å²) >= 11 is 0. The second-order valence-electron chi connectivity index (χ2n) is 5.83. The first-order chi connectivity index (χ1) is 10.4. The van der Waals surface area contributed by atoms with E-state index in [0.717, 1.165) is 6.42 Å². The van der Waals surface area contributed by atoms with E-state index in [1.165, 1.54) is 17.0 Å². The third kappa shape index (κ3) is 2.61. The Morgan fingerprint density at radius 2 is 1.91 bits per heavy atom. The van der Waals surface area contributed by atoms with Crippen LogP contribution in [0.4, 0.5) is 0 Å². The molecule has 0 bridgehead atoms. The van der Waals surface area contributed by atoms with Crippen LogP contribution < -0.4 is 5.73 Å². The van der Waals surface area contributed by atoms with Crippen LogP contribution in [0, 0.1) is 0 Å². The minimum absolute atomic E-state index is 0.177. The average Bonchev–Trinajstić information content (AvgIpc) is 3.24. The van der Waals surface area contributed by atoms with E-state index in [1.54, 1.807) is 12.1 Å². The molecule has 3 rings (SSSR count). The Hall–Kier alpha value is -1.89. The fourth-order valence-corrected chi connectivity index (χ4v) is 4.55. The molecule has 0 spiro atoms. The van der Waals surface area contributed by atoms with Crippen molar-refractivity contribution in [3.63, 3.8) is 0 Å². The number of benzene rings is 1. The van der Waals surface area contributed by atoms with Gasteiger partial charge in [0.25, 0.3) is 5.91 Å². The third-order valence-electron chi connectivity index (χ3n) is 4.21. The molecule has 2 fully saturated rings. The number of sulfone groups is 1. The highest BCUT2D eigenvalue weighted by Crippen LogP contribution is 2.34. The van der Waals surface area contributed by atoms with Gasteiger partial charge in [0.1, 0.15) is 6.04 Å². The number of rotatable bonds is 4. The summed E-state index contributed by atoms with van der Waals surface area (Å²) in [6, 6.07) is 5.46. The molecule has 1 saturated carbocycles. The second kappa shape index (κ2) is 5.39. The largest absolute Gasteiger partial charge is 0.368 e. The van der Waals surface area contributed by atoms with E-state index in [1.807, 2.05) is 0 Å². The minimum atomic E-state index is -3.34. The smallest absolute Gasteiger partial charge is 0.254 e. The highest BCUT2D eigenvalue weighted by atomic mass is 32.2. The topological polar surface area (TPSA) is 97.5 Å². The molecule has 0 aromatic heterocycles. The normalized spacial score (nSPS) is 21.8. The van der Waals surface area contributed by atoms with E-state index in [9.17, 15) is 18.0 Å². The van der Waals surface area contributed by atoms with Crippen molar-refractivity contribution in [1.29, 1.82) is 0 Å². The van der Waals surface area contributed by atoms with E-state index < -0.39 is 21.8 Å². The molecule has 1 heterocycles. The molecular weight excluding hydrogens is 304 g/mol. The predicted molar refractivity (Wildman–Crippen MR) is 79.9 cm³/mol. The van der Waals surface area contributed by atoms with Crippen LogP contribution in [0.25, 0.3) is 0 Å². The molecule has 6 nitrogen and oxygen atoms in total. The van der Waals surface area contributed by atoms with Gasteiger partial charge < -0.3 is 10.6 Å². The lowest BCUT2D eigenvalue weighted by molar-refractivity contribution is -0.121. The molecule has 1 aliphatic heterocycles. The van der Waals surface area contributed by atoms with Crippen LogP contribution in [0.1, 0.15) is 36.0 Å². The van der Waals surface area contributed by atoms with Crippen LogP contribution in [0.2, 0.25) is 0 Å². The van der Waals surface area contributed by atoms with Gasteiger partial charge in [-0.3, -0.25) is 9.59 Å². The van der Waals surface area contributed by atoms with Gasteiger partial charge in [-0.1, -0.05) is 6.07 Å². The number of primary amides is 1. The quantitative estimate of drug-likeness (QED) is 0.883. The van der Waals surface area contributed by atoms with E-state index in [0.29, 0.717) is 25.8 Å². The van der Waals surface area contributed by atoms with Crippen LogP contribution in [-0.4, -0.2) is 43.0 Å². The minimum Gasteiger partial charge on any atom is -0.368 e. The number of hydrogen-bond acceptors (Lipinski definition) is 4. The van der Waals surface area contributed by atoms with Gasteiger partial charge in [-0.2, -0.15) is 0 Å². The van der Waals surface area contributed by atoms with Crippen molar-refractivity contribution in [3.8, 4) is 0 Å². The van der Waals surface area contributed by atoms with Gasteiger partial charge in [-0.25, -0.2) is 8.42 Å². The first-order valence-electron chi connectivity index (χ1n) is 7.35. The lowest BCUT2D eigenvalue weighted by Crippen LogP contribution is -2.43. The van der Waals surface area contributed by atoms with Gasteiger partial charge in [-0.15, -0.1) is 0 Å². The highest BCUT2D eigenvalue weighted by Gasteiger charge is 2.38. The summed E-state index contributed by atoms with van der Waals surface area (Å²) in [7, 11) is -3.34. The maximum atomic E-state index is 12.5. The van der Waals surface area contributed by atoms with E-state index in [-0.39, 0.29) is 21.6 Å². The first-order valence-corrected chi connectivity index (χ1v) is 8.90. The third-order valence-corrected chi connectivity index (χ3v) is 6.47. The van der Waals surface area contributed by atoms with Gasteiger partial charge in [-0.05, 0) is 43.9 Å². The van der Waals surface area contributed by atoms with Crippen LogP contribution in [-0.2, 0) is 14.6 Å². The lowest BCUT2D eigenvalue weighted by atomic mass is 10.1. The average molecular weight is 322 g/mol. The zero-order valence-corrected chi connectivity index (χ0v) is 12.9. The van der Waals surface area contributed by atoms with Crippen molar-refractivity contribution in [1.82, 2.24) is 4.90 Å². The van der Waals surface area contributed by atoms with Crippen molar-refractivity contribution in [2.75, 3.05) is 6.54 Å². The molecule has 2 amide bonds. The summed E-state index contributed by atoms with van der Waals surface area (Å²) in [6.45, 7) is 0.464. The maximum Gasteiger partial charge on any atom is 0.254 e. The van der Waals surface area contributed by atoms with E-state index >= 15 is 0 Å². The lowest BCUT2D eigenvalue weighted by Gasteiger charge is -2.22. The highest BCUT2D eigenvalue weighted by molar-refractivity contribution is 7.92. The van der Waals surface area contributed by atoms with Gasteiger partial charge in [0.15, 0.2) is 9.84 Å². The van der Waals surface area contributed by atoms with Crippen LogP contribution >= 0.6 is 0 Å². The Morgan fingerprint density at radius 1 is 1.18 bits per heavy atom. The Labute approximate surface area is 129 Å². The van der Waals surface area contributed by atoms with Crippen molar-refractivity contribution in [2.24, 2.45) is 5.73 Å². The second-order valence-corrected chi connectivity index (χ2v) is 8.06. The zero-order chi connectivity index (χ0) is 15.9. The fourth-order valence-electron chi connectivity index (χ4n) is 2.85. The molecular formula is C15H18N2O4S. The summed E-state index contributed by atoms with van der Waals surface area (Å²) in [5, 5.41) is -0.317. The molecule has 1 aliphatic carbocycles. The molecule has 1 aromatic carbocycles. The summed E-state index contributed by atoms with van der Waals surface area (Å²) < 4.78 is 24.5. The molecule has 2 aliphatic rings. The maximum absolute atomic E-state index is 12.5. The number of nitrogens with two attached hydrogens (primary N) is 1. The van der Waals surface area contributed by atoms with Crippen molar-refractivity contribution in [3.05, 3.63) is 29.8 Å². The number of hydrogen-bond donors (Lipinski definition) is 1. The van der Waals surface area contributed by atoms with Crippen molar-refractivity contribution >= 4 is 21.7 Å². The number of carbonyl (C=O) groups excluding carboxylic acids is 2. The molecule has 118 valence electrons.